The fourth-order valence-corrected chi connectivity index (χ4v) is 3.74. The van der Waals surface area contributed by atoms with Crippen LogP contribution in [0.2, 0.25) is 0 Å². The SMILES string of the molecule is COCCCC1CCCCN1Cc1csc(C(C)=O)c1. The Hall–Kier alpha value is -0.710. The number of nitrogens with zero attached hydrogens (tertiary/aromatic N) is 1. The molecule has 1 unspecified atom stereocenters. The first-order chi connectivity index (χ1) is 9.70. The fourth-order valence-electron chi connectivity index (χ4n) is 2.94. The molecule has 1 saturated heterocycles. The molecule has 112 valence electrons. The van der Waals surface area contributed by atoms with Crippen molar-refractivity contribution >= 4 is 17.1 Å². The highest BCUT2D eigenvalue weighted by Gasteiger charge is 2.22. The predicted molar refractivity (Wildman–Crippen MR) is 83.5 cm³/mol. The van der Waals surface area contributed by atoms with Gasteiger partial charge in [-0.3, -0.25) is 9.69 Å². The lowest BCUT2D eigenvalue weighted by molar-refractivity contribution is 0.102. The third-order valence-electron chi connectivity index (χ3n) is 4.02. The largest absolute Gasteiger partial charge is 0.385 e. The Balaban J connectivity index is 1.91. The summed E-state index contributed by atoms with van der Waals surface area (Å²) in [6, 6.07) is 2.74. The molecule has 1 aromatic rings. The smallest absolute Gasteiger partial charge is 0.169 e. The van der Waals surface area contributed by atoms with Crippen LogP contribution in [0, 0.1) is 0 Å². The topological polar surface area (TPSA) is 29.5 Å². The summed E-state index contributed by atoms with van der Waals surface area (Å²) in [5.41, 5.74) is 1.29. The van der Waals surface area contributed by atoms with Crippen LogP contribution < -0.4 is 0 Å². The molecular formula is C16H25NO2S. The third-order valence-corrected chi connectivity index (χ3v) is 5.10. The summed E-state index contributed by atoms with van der Waals surface area (Å²) in [5.74, 6) is 0.177. The number of ether oxygens (including phenoxy) is 1. The number of likely N-dealkylation sites (tertiary alicyclic amines) is 1. The Morgan fingerprint density at radius 3 is 3.05 bits per heavy atom. The summed E-state index contributed by atoms with van der Waals surface area (Å²) in [6.45, 7) is 4.67. The minimum Gasteiger partial charge on any atom is -0.385 e. The van der Waals surface area contributed by atoms with Gasteiger partial charge in [0.1, 0.15) is 0 Å². The molecule has 20 heavy (non-hydrogen) atoms. The summed E-state index contributed by atoms with van der Waals surface area (Å²) in [5, 5.41) is 2.14. The van der Waals surface area contributed by atoms with Gasteiger partial charge in [0.25, 0.3) is 0 Å². The first kappa shape index (κ1) is 15.7. The van der Waals surface area contributed by atoms with E-state index in [1.807, 2.05) is 0 Å². The van der Waals surface area contributed by atoms with Crippen LogP contribution in [0.1, 0.15) is 54.3 Å². The van der Waals surface area contributed by atoms with E-state index < -0.39 is 0 Å². The van der Waals surface area contributed by atoms with Crippen molar-refractivity contribution in [3.05, 3.63) is 21.9 Å². The average molecular weight is 295 g/mol. The molecule has 0 saturated carbocycles. The van der Waals surface area contributed by atoms with Gasteiger partial charge in [-0.05, 0) is 56.2 Å². The molecule has 0 spiro atoms. The zero-order chi connectivity index (χ0) is 14.4. The quantitative estimate of drug-likeness (QED) is 0.567. The van der Waals surface area contributed by atoms with Crippen LogP contribution in [0.25, 0.3) is 0 Å². The number of carbonyl (C=O) groups is 1. The molecule has 1 atom stereocenters. The molecule has 2 rings (SSSR count). The van der Waals surface area contributed by atoms with E-state index in [0.717, 1.165) is 24.4 Å². The van der Waals surface area contributed by atoms with Crippen molar-refractivity contribution in [2.45, 2.75) is 51.6 Å². The molecule has 4 heteroatoms. The van der Waals surface area contributed by atoms with Crippen LogP contribution in [-0.2, 0) is 11.3 Å². The van der Waals surface area contributed by atoms with Crippen LogP contribution in [0.3, 0.4) is 0 Å². The van der Waals surface area contributed by atoms with Gasteiger partial charge in [-0.15, -0.1) is 11.3 Å². The number of piperidine rings is 1. The zero-order valence-corrected chi connectivity index (χ0v) is 13.4. The lowest BCUT2D eigenvalue weighted by Gasteiger charge is -2.35. The van der Waals surface area contributed by atoms with Crippen molar-refractivity contribution in [3.63, 3.8) is 0 Å². The average Bonchev–Trinajstić information content (AvgIpc) is 2.90. The maximum atomic E-state index is 11.4. The summed E-state index contributed by atoms with van der Waals surface area (Å²) < 4.78 is 5.16. The third kappa shape index (κ3) is 4.40. The zero-order valence-electron chi connectivity index (χ0n) is 12.6. The van der Waals surface area contributed by atoms with Gasteiger partial charge in [0.05, 0.1) is 4.88 Å². The van der Waals surface area contributed by atoms with Crippen LogP contribution in [0.15, 0.2) is 11.4 Å². The van der Waals surface area contributed by atoms with Crippen LogP contribution >= 0.6 is 11.3 Å². The van der Waals surface area contributed by atoms with Gasteiger partial charge in [0.15, 0.2) is 5.78 Å². The van der Waals surface area contributed by atoms with E-state index in [0.29, 0.717) is 6.04 Å². The van der Waals surface area contributed by atoms with Crippen molar-refractivity contribution in [3.8, 4) is 0 Å². The van der Waals surface area contributed by atoms with Gasteiger partial charge >= 0.3 is 0 Å². The molecule has 0 N–H and O–H groups in total. The molecule has 0 aromatic carbocycles. The van der Waals surface area contributed by atoms with E-state index in [-0.39, 0.29) is 5.78 Å². The maximum Gasteiger partial charge on any atom is 0.169 e. The molecule has 2 heterocycles. The molecule has 0 amide bonds. The second-order valence-electron chi connectivity index (χ2n) is 5.63. The van der Waals surface area contributed by atoms with Gasteiger partial charge in [0.2, 0.25) is 0 Å². The second-order valence-corrected chi connectivity index (χ2v) is 6.54. The molecular weight excluding hydrogens is 270 g/mol. The van der Waals surface area contributed by atoms with Crippen LogP contribution in [0.5, 0.6) is 0 Å². The monoisotopic (exact) mass is 295 g/mol. The Labute approximate surface area is 125 Å². The molecule has 1 aliphatic heterocycles. The van der Waals surface area contributed by atoms with Crippen molar-refractivity contribution in [2.75, 3.05) is 20.3 Å². The first-order valence-corrected chi connectivity index (χ1v) is 8.40. The van der Waals surface area contributed by atoms with Gasteiger partial charge in [-0.1, -0.05) is 6.42 Å². The normalized spacial score (nSPS) is 20.2. The van der Waals surface area contributed by atoms with Crippen molar-refractivity contribution in [1.82, 2.24) is 4.90 Å². The highest BCUT2D eigenvalue weighted by molar-refractivity contribution is 7.12. The summed E-state index contributed by atoms with van der Waals surface area (Å²) in [7, 11) is 1.77. The van der Waals surface area contributed by atoms with Crippen molar-refractivity contribution < 1.29 is 9.53 Å². The summed E-state index contributed by atoms with van der Waals surface area (Å²) in [6.07, 6.45) is 6.30. The van der Waals surface area contributed by atoms with Gasteiger partial charge < -0.3 is 4.74 Å². The van der Waals surface area contributed by atoms with Crippen molar-refractivity contribution in [2.24, 2.45) is 0 Å². The Morgan fingerprint density at radius 2 is 2.35 bits per heavy atom. The fraction of sp³-hybridized carbons (Fsp3) is 0.688. The van der Waals surface area contributed by atoms with Crippen molar-refractivity contribution in [1.29, 1.82) is 0 Å². The number of Topliss-reactive ketones (excluding diaryl/α,β-unsaturated/α-hetero) is 1. The number of carbonyl (C=O) groups excluding carboxylic acids is 1. The molecule has 0 radical (unpaired) electrons. The predicted octanol–water partition coefficient (Wildman–Crippen LogP) is 3.73. The Kier molecular flexibility index (Phi) is 6.20. The molecule has 1 fully saturated rings. The minimum atomic E-state index is 0.177. The van der Waals surface area contributed by atoms with E-state index in [4.69, 9.17) is 4.74 Å². The van der Waals surface area contributed by atoms with Crippen LogP contribution in [-0.4, -0.2) is 37.0 Å². The number of rotatable bonds is 7. The van der Waals surface area contributed by atoms with Gasteiger partial charge in [-0.25, -0.2) is 0 Å². The summed E-state index contributed by atoms with van der Waals surface area (Å²) >= 11 is 1.57. The number of hydrogen-bond donors (Lipinski definition) is 0. The van der Waals surface area contributed by atoms with E-state index in [2.05, 4.69) is 16.3 Å². The maximum absolute atomic E-state index is 11.4. The first-order valence-electron chi connectivity index (χ1n) is 7.52. The van der Waals surface area contributed by atoms with E-state index in [9.17, 15) is 4.79 Å². The highest BCUT2D eigenvalue weighted by Crippen LogP contribution is 2.25. The molecule has 0 aliphatic carbocycles. The summed E-state index contributed by atoms with van der Waals surface area (Å²) in [4.78, 5) is 14.8. The lowest BCUT2D eigenvalue weighted by atomic mass is 9.97. The molecule has 1 aromatic heterocycles. The lowest BCUT2D eigenvalue weighted by Crippen LogP contribution is -2.38. The molecule has 3 nitrogen and oxygen atoms in total. The van der Waals surface area contributed by atoms with E-state index in [1.165, 1.54) is 37.8 Å². The minimum absolute atomic E-state index is 0.177. The second kappa shape index (κ2) is 7.91. The molecule has 0 bridgehead atoms. The van der Waals surface area contributed by atoms with E-state index in [1.54, 1.807) is 25.4 Å². The number of ketones is 1. The highest BCUT2D eigenvalue weighted by atomic mass is 32.1. The standard InChI is InChI=1S/C16H25NO2S/c1-13(18)16-10-14(12-20-16)11-17-8-4-3-6-15(17)7-5-9-19-2/h10,12,15H,3-9,11H2,1-2H3. The van der Waals surface area contributed by atoms with Gasteiger partial charge in [-0.2, -0.15) is 0 Å². The Morgan fingerprint density at radius 1 is 1.50 bits per heavy atom. The Bertz CT molecular complexity index is 430. The number of thiophene rings is 1. The van der Waals surface area contributed by atoms with Crippen LogP contribution in [0.4, 0.5) is 0 Å². The van der Waals surface area contributed by atoms with Gasteiger partial charge in [0, 0.05) is 26.3 Å². The van der Waals surface area contributed by atoms with E-state index >= 15 is 0 Å². The molecule has 1 aliphatic rings. The number of hydrogen-bond acceptors (Lipinski definition) is 4. The number of methoxy groups -OCH3 is 1.